The van der Waals surface area contributed by atoms with Gasteiger partial charge in [0, 0.05) is 28.7 Å². The van der Waals surface area contributed by atoms with E-state index in [4.69, 9.17) is 16.3 Å². The first kappa shape index (κ1) is 16.9. The summed E-state index contributed by atoms with van der Waals surface area (Å²) < 4.78 is 5.14. The molecule has 27 heavy (non-hydrogen) atoms. The van der Waals surface area contributed by atoms with Crippen molar-refractivity contribution in [2.24, 2.45) is 5.41 Å². The number of amides is 1. The van der Waals surface area contributed by atoms with Crippen LogP contribution < -0.4 is 5.32 Å². The number of benzene rings is 1. The van der Waals surface area contributed by atoms with Crippen molar-refractivity contribution in [3.63, 3.8) is 0 Å². The molecular formula is C21H21ClN2O3. The van der Waals surface area contributed by atoms with Gasteiger partial charge in [-0.3, -0.25) is 4.79 Å². The molecule has 1 aliphatic carbocycles. The van der Waals surface area contributed by atoms with Crippen LogP contribution in [0.5, 0.6) is 0 Å². The van der Waals surface area contributed by atoms with Crippen molar-refractivity contribution in [1.82, 2.24) is 4.90 Å². The fourth-order valence-corrected chi connectivity index (χ4v) is 6.09. The Labute approximate surface area is 163 Å². The number of nitrogens with zero attached hydrogens (tertiary/aromatic N) is 1. The molecule has 4 atom stereocenters. The molecule has 1 fully saturated rings. The van der Waals surface area contributed by atoms with Gasteiger partial charge in [-0.15, -0.1) is 11.6 Å². The molecule has 0 unspecified atom stereocenters. The fourth-order valence-electron chi connectivity index (χ4n) is 5.82. The van der Waals surface area contributed by atoms with Crippen molar-refractivity contribution in [3.8, 4) is 0 Å². The summed E-state index contributed by atoms with van der Waals surface area (Å²) in [5, 5.41) is 3.25. The van der Waals surface area contributed by atoms with Crippen molar-refractivity contribution >= 4 is 29.2 Å². The number of hydrogen-bond acceptors (Lipinski definition) is 4. The van der Waals surface area contributed by atoms with Gasteiger partial charge in [-0.05, 0) is 37.5 Å². The first-order valence-electron chi connectivity index (χ1n) is 9.28. The number of methoxy groups -OCH3 is 1. The monoisotopic (exact) mass is 384 g/mol. The highest BCUT2D eigenvalue weighted by molar-refractivity contribution is 6.21. The number of ether oxygens (including phenoxy) is 1. The van der Waals surface area contributed by atoms with Gasteiger partial charge in [0.25, 0.3) is 0 Å². The van der Waals surface area contributed by atoms with Crippen LogP contribution in [-0.2, 0) is 19.7 Å². The number of alkyl halides is 1. The standard InChI is InChI=1S/C21H21ClN2O3/c1-12(22)20-8-7-16(25)24-10-9-21(19(20)24)14-5-3-4-6-15(14)23-17(21)13(11-20)18(26)27-2/h3-8,12,19,23H,9-11H2,1-2H3/t12-,19-,20-,21-/m0/s1. The molecule has 3 aliphatic heterocycles. The summed E-state index contributed by atoms with van der Waals surface area (Å²) in [4.78, 5) is 27.4. The Morgan fingerprint density at radius 1 is 1.41 bits per heavy atom. The Morgan fingerprint density at radius 2 is 2.19 bits per heavy atom. The molecule has 1 amide bonds. The van der Waals surface area contributed by atoms with E-state index in [2.05, 4.69) is 11.4 Å². The Hall–Kier alpha value is -2.27. The number of carbonyl (C=O) groups is 2. The zero-order valence-corrected chi connectivity index (χ0v) is 16.0. The van der Waals surface area contributed by atoms with Crippen molar-refractivity contribution in [3.05, 3.63) is 53.3 Å². The van der Waals surface area contributed by atoms with Crippen LogP contribution in [0.1, 0.15) is 25.3 Å². The lowest BCUT2D eigenvalue weighted by atomic mass is 9.55. The number of para-hydroxylation sites is 1. The predicted molar refractivity (Wildman–Crippen MR) is 102 cm³/mol. The molecule has 3 heterocycles. The molecular weight excluding hydrogens is 364 g/mol. The van der Waals surface area contributed by atoms with Gasteiger partial charge < -0.3 is 15.0 Å². The molecule has 5 rings (SSSR count). The molecule has 1 aromatic rings. The maximum absolute atomic E-state index is 12.8. The van der Waals surface area contributed by atoms with Gasteiger partial charge in [0.1, 0.15) is 0 Å². The number of anilines is 1. The minimum Gasteiger partial charge on any atom is -0.466 e. The van der Waals surface area contributed by atoms with Gasteiger partial charge in [0.2, 0.25) is 5.91 Å². The Balaban J connectivity index is 1.86. The molecule has 4 aliphatic rings. The molecule has 0 saturated carbocycles. The van der Waals surface area contributed by atoms with Crippen molar-refractivity contribution in [2.45, 2.75) is 36.6 Å². The highest BCUT2D eigenvalue weighted by atomic mass is 35.5. The number of esters is 1. The van der Waals surface area contributed by atoms with E-state index in [1.807, 2.05) is 36.1 Å². The van der Waals surface area contributed by atoms with E-state index in [9.17, 15) is 9.59 Å². The summed E-state index contributed by atoms with van der Waals surface area (Å²) in [6, 6.07) is 8.01. The Bertz CT molecular complexity index is 937. The third-order valence-electron chi connectivity index (χ3n) is 6.92. The lowest BCUT2D eigenvalue weighted by Gasteiger charge is -2.54. The average molecular weight is 385 g/mol. The molecule has 5 nitrogen and oxygen atoms in total. The number of nitrogens with one attached hydrogen (secondary N) is 1. The molecule has 1 aromatic carbocycles. The van der Waals surface area contributed by atoms with Crippen molar-refractivity contribution in [2.75, 3.05) is 19.0 Å². The number of halogens is 1. The second-order valence-corrected chi connectivity index (χ2v) is 8.56. The number of hydrogen-bond donors (Lipinski definition) is 1. The zero-order valence-electron chi connectivity index (χ0n) is 15.3. The van der Waals surface area contributed by atoms with Gasteiger partial charge in [0.05, 0.1) is 24.1 Å². The molecule has 0 radical (unpaired) electrons. The summed E-state index contributed by atoms with van der Waals surface area (Å²) in [7, 11) is 1.41. The third kappa shape index (κ3) is 1.85. The van der Waals surface area contributed by atoms with Gasteiger partial charge in [0.15, 0.2) is 0 Å². The Morgan fingerprint density at radius 3 is 2.93 bits per heavy atom. The number of rotatable bonds is 2. The van der Waals surface area contributed by atoms with E-state index in [-0.39, 0.29) is 23.3 Å². The van der Waals surface area contributed by atoms with Crippen LogP contribution in [0.15, 0.2) is 47.7 Å². The summed E-state index contributed by atoms with van der Waals surface area (Å²) in [6.45, 7) is 2.60. The van der Waals surface area contributed by atoms with E-state index in [0.717, 1.165) is 23.4 Å². The van der Waals surface area contributed by atoms with Gasteiger partial charge in [-0.2, -0.15) is 0 Å². The maximum atomic E-state index is 12.8. The first-order valence-corrected chi connectivity index (χ1v) is 9.72. The summed E-state index contributed by atoms with van der Waals surface area (Å²) in [5.41, 5.74) is 2.69. The predicted octanol–water partition coefficient (Wildman–Crippen LogP) is 2.97. The van der Waals surface area contributed by atoms with Gasteiger partial charge in [-0.1, -0.05) is 24.3 Å². The molecule has 0 aromatic heterocycles. The Kier molecular flexibility index (Phi) is 3.36. The quantitative estimate of drug-likeness (QED) is 0.629. The van der Waals surface area contributed by atoms with Crippen LogP contribution >= 0.6 is 11.6 Å². The van der Waals surface area contributed by atoms with E-state index in [1.54, 1.807) is 6.08 Å². The van der Waals surface area contributed by atoms with E-state index in [1.165, 1.54) is 7.11 Å². The topological polar surface area (TPSA) is 58.6 Å². The summed E-state index contributed by atoms with van der Waals surface area (Å²) >= 11 is 6.77. The number of fused-ring (bicyclic) bond motifs is 1. The largest absolute Gasteiger partial charge is 0.466 e. The van der Waals surface area contributed by atoms with E-state index < -0.39 is 10.8 Å². The fraction of sp³-hybridized carbons (Fsp3) is 0.429. The number of carbonyl (C=O) groups excluding carboxylic acids is 2. The SMILES string of the molecule is COC(=O)C1=C2Nc3ccccc3[C@@]23CCN2C(=O)C=C[C@@]([C@H](C)Cl)(C1)[C@H]23. The van der Waals surface area contributed by atoms with Crippen LogP contribution in [0.2, 0.25) is 0 Å². The van der Waals surface area contributed by atoms with Crippen molar-refractivity contribution in [1.29, 1.82) is 0 Å². The van der Waals surface area contributed by atoms with Crippen LogP contribution in [-0.4, -0.2) is 41.8 Å². The van der Waals surface area contributed by atoms with E-state index in [0.29, 0.717) is 18.5 Å². The van der Waals surface area contributed by atoms with Crippen LogP contribution in [0.4, 0.5) is 5.69 Å². The van der Waals surface area contributed by atoms with Gasteiger partial charge >= 0.3 is 5.97 Å². The van der Waals surface area contributed by atoms with Crippen LogP contribution in [0.3, 0.4) is 0 Å². The van der Waals surface area contributed by atoms with Crippen LogP contribution in [0.25, 0.3) is 0 Å². The molecule has 1 N–H and O–H groups in total. The minimum absolute atomic E-state index is 0.0232. The average Bonchev–Trinajstić information content (AvgIpc) is 3.24. The molecule has 1 saturated heterocycles. The normalized spacial score (nSPS) is 34.0. The second-order valence-electron chi connectivity index (χ2n) is 7.91. The second kappa shape index (κ2) is 5.38. The van der Waals surface area contributed by atoms with E-state index >= 15 is 0 Å². The lowest BCUT2D eigenvalue weighted by molar-refractivity contribution is -0.137. The minimum atomic E-state index is -0.516. The molecule has 140 valence electrons. The molecule has 0 bridgehead atoms. The smallest absolute Gasteiger partial charge is 0.335 e. The lowest BCUT2D eigenvalue weighted by Crippen LogP contribution is -2.62. The highest BCUT2D eigenvalue weighted by Gasteiger charge is 2.68. The summed E-state index contributed by atoms with van der Waals surface area (Å²) in [5.74, 6) is -0.307. The van der Waals surface area contributed by atoms with Crippen LogP contribution in [0, 0.1) is 5.41 Å². The van der Waals surface area contributed by atoms with Gasteiger partial charge in [-0.25, -0.2) is 4.79 Å². The van der Waals surface area contributed by atoms with Crippen molar-refractivity contribution < 1.29 is 14.3 Å². The summed E-state index contributed by atoms with van der Waals surface area (Å²) in [6.07, 6.45) is 4.79. The molecule has 1 spiro atoms. The zero-order chi connectivity index (χ0) is 19.0. The third-order valence-corrected chi connectivity index (χ3v) is 7.33. The molecule has 6 heteroatoms. The highest BCUT2D eigenvalue weighted by Crippen LogP contribution is 2.64. The maximum Gasteiger partial charge on any atom is 0.335 e. The first-order chi connectivity index (χ1) is 13.0.